The molecule has 21 heavy (non-hydrogen) atoms. The second-order valence-corrected chi connectivity index (χ2v) is 6.15. The van der Waals surface area contributed by atoms with E-state index in [2.05, 4.69) is 35.5 Å². The minimum atomic E-state index is -0.0661. The van der Waals surface area contributed by atoms with Crippen LogP contribution in [0.2, 0.25) is 0 Å². The zero-order valence-corrected chi connectivity index (χ0v) is 13.4. The first-order valence-corrected chi connectivity index (χ1v) is 8.04. The maximum Gasteiger partial charge on any atom is 0.251 e. The Kier molecular flexibility index (Phi) is 5.33. The van der Waals surface area contributed by atoms with Gasteiger partial charge in [0, 0.05) is 23.2 Å². The van der Waals surface area contributed by atoms with Crippen LogP contribution in [0.1, 0.15) is 42.0 Å². The highest BCUT2D eigenvalue weighted by atomic mass is 32.1. The molecule has 1 amide bonds. The third kappa shape index (κ3) is 4.04. The molecule has 2 heterocycles. The average molecular weight is 303 g/mol. The molecule has 2 rings (SSSR count). The summed E-state index contributed by atoms with van der Waals surface area (Å²) in [5, 5.41) is 8.27. The van der Waals surface area contributed by atoms with Crippen LogP contribution >= 0.6 is 11.3 Å². The van der Waals surface area contributed by atoms with E-state index in [0.717, 1.165) is 12.4 Å². The molecule has 1 atom stereocenters. The van der Waals surface area contributed by atoms with E-state index in [4.69, 9.17) is 0 Å². The molecule has 0 spiro atoms. The van der Waals surface area contributed by atoms with E-state index in [1.165, 1.54) is 4.88 Å². The van der Waals surface area contributed by atoms with E-state index in [-0.39, 0.29) is 11.9 Å². The third-order valence-electron chi connectivity index (χ3n) is 3.18. The summed E-state index contributed by atoms with van der Waals surface area (Å²) < 4.78 is 0. The zero-order valence-electron chi connectivity index (χ0n) is 12.6. The first-order valence-electron chi connectivity index (χ1n) is 7.16. The van der Waals surface area contributed by atoms with E-state index in [1.807, 2.05) is 18.4 Å². The summed E-state index contributed by atoms with van der Waals surface area (Å²) in [4.78, 5) is 17.8. The Hall–Kier alpha value is -1.88. The van der Waals surface area contributed by atoms with Crippen molar-refractivity contribution in [2.75, 3.05) is 11.9 Å². The maximum atomic E-state index is 12.4. The van der Waals surface area contributed by atoms with Crippen molar-refractivity contribution in [2.45, 2.75) is 26.8 Å². The number of nitrogens with one attached hydrogen (secondary N) is 2. The van der Waals surface area contributed by atoms with Crippen LogP contribution < -0.4 is 10.6 Å². The lowest BCUT2D eigenvalue weighted by Crippen LogP contribution is -2.31. The lowest BCUT2D eigenvalue weighted by atomic mass is 10.0. The van der Waals surface area contributed by atoms with Gasteiger partial charge in [-0.05, 0) is 36.4 Å². The second kappa shape index (κ2) is 7.22. The molecule has 2 aromatic heterocycles. The van der Waals surface area contributed by atoms with Crippen molar-refractivity contribution in [3.63, 3.8) is 0 Å². The summed E-state index contributed by atoms with van der Waals surface area (Å²) in [6.07, 6.45) is 1.66. The molecule has 2 N–H and O–H groups in total. The fourth-order valence-corrected chi connectivity index (χ4v) is 3.06. The number of anilines is 1. The molecule has 0 aliphatic rings. The van der Waals surface area contributed by atoms with Gasteiger partial charge in [0.2, 0.25) is 0 Å². The van der Waals surface area contributed by atoms with E-state index in [0.29, 0.717) is 11.5 Å². The molecule has 0 aliphatic carbocycles. The number of carbonyl (C=O) groups is 1. The van der Waals surface area contributed by atoms with E-state index in [9.17, 15) is 4.79 Å². The molecule has 112 valence electrons. The van der Waals surface area contributed by atoms with Crippen molar-refractivity contribution < 1.29 is 4.79 Å². The van der Waals surface area contributed by atoms with Crippen molar-refractivity contribution in [3.05, 3.63) is 46.3 Å². The molecule has 4 nitrogen and oxygen atoms in total. The standard InChI is InChI=1S/C16H21N3OS/c1-4-17-14-10-12(7-8-18-14)16(20)19-15(11(2)3)13-6-5-9-21-13/h5-11,15H,4H2,1-3H3,(H,17,18)(H,19,20). The van der Waals surface area contributed by atoms with Crippen LogP contribution in [0, 0.1) is 5.92 Å². The number of amides is 1. The molecular formula is C16H21N3OS. The fourth-order valence-electron chi connectivity index (χ4n) is 2.11. The molecular weight excluding hydrogens is 282 g/mol. The smallest absolute Gasteiger partial charge is 0.251 e. The number of hydrogen-bond donors (Lipinski definition) is 2. The van der Waals surface area contributed by atoms with Gasteiger partial charge in [-0.1, -0.05) is 19.9 Å². The summed E-state index contributed by atoms with van der Waals surface area (Å²) in [7, 11) is 0. The van der Waals surface area contributed by atoms with Gasteiger partial charge < -0.3 is 10.6 Å². The zero-order chi connectivity index (χ0) is 15.2. The Labute approximate surface area is 129 Å². The van der Waals surface area contributed by atoms with Crippen LogP contribution in [0.25, 0.3) is 0 Å². The minimum Gasteiger partial charge on any atom is -0.370 e. The monoisotopic (exact) mass is 303 g/mol. The van der Waals surface area contributed by atoms with Gasteiger partial charge in [-0.15, -0.1) is 11.3 Å². The van der Waals surface area contributed by atoms with E-state index in [1.54, 1.807) is 29.7 Å². The molecule has 2 aromatic rings. The Morgan fingerprint density at radius 2 is 2.19 bits per heavy atom. The summed E-state index contributed by atoms with van der Waals surface area (Å²) >= 11 is 1.67. The Bertz CT molecular complexity index is 581. The fraction of sp³-hybridized carbons (Fsp3) is 0.375. The Morgan fingerprint density at radius 3 is 2.81 bits per heavy atom. The highest BCUT2D eigenvalue weighted by Crippen LogP contribution is 2.26. The lowest BCUT2D eigenvalue weighted by molar-refractivity contribution is 0.0926. The number of pyridine rings is 1. The highest BCUT2D eigenvalue weighted by Gasteiger charge is 2.20. The lowest BCUT2D eigenvalue weighted by Gasteiger charge is -2.21. The van der Waals surface area contributed by atoms with Crippen LogP contribution in [0.5, 0.6) is 0 Å². The largest absolute Gasteiger partial charge is 0.370 e. The van der Waals surface area contributed by atoms with Gasteiger partial charge >= 0.3 is 0 Å². The quantitative estimate of drug-likeness (QED) is 0.855. The van der Waals surface area contributed by atoms with Crippen molar-refractivity contribution in [1.29, 1.82) is 0 Å². The number of nitrogens with zero attached hydrogens (tertiary/aromatic N) is 1. The first kappa shape index (κ1) is 15.5. The van der Waals surface area contributed by atoms with Crippen LogP contribution in [-0.2, 0) is 0 Å². The van der Waals surface area contributed by atoms with Crippen LogP contribution in [0.15, 0.2) is 35.8 Å². The summed E-state index contributed by atoms with van der Waals surface area (Å²) in [5.41, 5.74) is 0.628. The van der Waals surface area contributed by atoms with Gasteiger partial charge in [-0.25, -0.2) is 4.98 Å². The molecule has 0 saturated heterocycles. The van der Waals surface area contributed by atoms with Gasteiger partial charge in [-0.2, -0.15) is 0 Å². The van der Waals surface area contributed by atoms with Crippen molar-refractivity contribution in [3.8, 4) is 0 Å². The molecule has 5 heteroatoms. The normalized spacial score (nSPS) is 12.2. The number of hydrogen-bond acceptors (Lipinski definition) is 4. The topological polar surface area (TPSA) is 54.0 Å². The van der Waals surface area contributed by atoms with Gasteiger partial charge in [0.15, 0.2) is 0 Å². The summed E-state index contributed by atoms with van der Waals surface area (Å²) in [6, 6.07) is 7.63. The van der Waals surface area contributed by atoms with Gasteiger partial charge in [0.05, 0.1) is 6.04 Å². The maximum absolute atomic E-state index is 12.4. The van der Waals surface area contributed by atoms with Crippen molar-refractivity contribution in [1.82, 2.24) is 10.3 Å². The number of carbonyl (C=O) groups excluding carboxylic acids is 1. The highest BCUT2D eigenvalue weighted by molar-refractivity contribution is 7.10. The minimum absolute atomic E-state index is 0.0354. The molecule has 0 bridgehead atoms. The van der Waals surface area contributed by atoms with Gasteiger partial charge in [0.1, 0.15) is 5.82 Å². The first-order chi connectivity index (χ1) is 10.1. The summed E-state index contributed by atoms with van der Waals surface area (Å²) in [5.74, 6) is 0.994. The Balaban J connectivity index is 2.14. The molecule has 1 unspecified atom stereocenters. The molecule has 0 aromatic carbocycles. The van der Waals surface area contributed by atoms with Crippen LogP contribution in [-0.4, -0.2) is 17.4 Å². The number of thiophene rings is 1. The van der Waals surface area contributed by atoms with Crippen molar-refractivity contribution >= 4 is 23.1 Å². The summed E-state index contributed by atoms with van der Waals surface area (Å²) in [6.45, 7) is 7.00. The van der Waals surface area contributed by atoms with E-state index >= 15 is 0 Å². The molecule has 0 fully saturated rings. The second-order valence-electron chi connectivity index (χ2n) is 5.17. The van der Waals surface area contributed by atoms with Crippen molar-refractivity contribution in [2.24, 2.45) is 5.92 Å². The molecule has 0 saturated carbocycles. The molecule has 0 radical (unpaired) electrons. The Morgan fingerprint density at radius 1 is 1.38 bits per heavy atom. The molecule has 0 aliphatic heterocycles. The third-order valence-corrected chi connectivity index (χ3v) is 4.14. The van der Waals surface area contributed by atoms with E-state index < -0.39 is 0 Å². The van der Waals surface area contributed by atoms with Crippen LogP contribution in [0.4, 0.5) is 5.82 Å². The number of aromatic nitrogens is 1. The number of rotatable bonds is 6. The predicted molar refractivity (Wildman–Crippen MR) is 87.8 cm³/mol. The van der Waals surface area contributed by atoms with Crippen LogP contribution in [0.3, 0.4) is 0 Å². The van der Waals surface area contributed by atoms with Gasteiger partial charge in [-0.3, -0.25) is 4.79 Å². The average Bonchev–Trinajstić information content (AvgIpc) is 2.98. The predicted octanol–water partition coefficient (Wildman–Crippen LogP) is 3.70. The van der Waals surface area contributed by atoms with Gasteiger partial charge in [0.25, 0.3) is 5.91 Å². The SMILES string of the molecule is CCNc1cc(C(=O)NC(c2cccs2)C(C)C)ccn1.